The van der Waals surface area contributed by atoms with Gasteiger partial charge in [0.1, 0.15) is 12.0 Å². The van der Waals surface area contributed by atoms with Crippen LogP contribution in [0, 0.1) is 5.92 Å². The Kier molecular flexibility index (Phi) is 7.24. The minimum atomic E-state index is -0.565. The van der Waals surface area contributed by atoms with E-state index in [4.69, 9.17) is 9.15 Å². The molecule has 1 atom stereocenters. The molecular formula is C20H28N4O3. The van der Waals surface area contributed by atoms with Crippen LogP contribution in [0.2, 0.25) is 0 Å². The summed E-state index contributed by atoms with van der Waals surface area (Å²) in [4.78, 5) is 8.97. The summed E-state index contributed by atoms with van der Waals surface area (Å²) in [6, 6.07) is 9.76. The monoisotopic (exact) mass is 372 g/mol. The number of aliphatic imine (C=N–C) groups is 1. The molecule has 0 amide bonds. The summed E-state index contributed by atoms with van der Waals surface area (Å²) in [5.41, 5.74) is 1.69. The van der Waals surface area contributed by atoms with Crippen molar-refractivity contribution in [3.05, 3.63) is 42.3 Å². The van der Waals surface area contributed by atoms with E-state index in [-0.39, 0.29) is 0 Å². The molecule has 1 heterocycles. The zero-order chi connectivity index (χ0) is 18.9. The first-order valence-corrected chi connectivity index (χ1v) is 9.52. The predicted octanol–water partition coefficient (Wildman–Crippen LogP) is 2.18. The van der Waals surface area contributed by atoms with Gasteiger partial charge in [0.2, 0.25) is 5.89 Å². The van der Waals surface area contributed by atoms with E-state index < -0.39 is 6.10 Å². The molecule has 27 heavy (non-hydrogen) atoms. The second kappa shape index (κ2) is 10.1. The van der Waals surface area contributed by atoms with Crippen LogP contribution in [-0.4, -0.2) is 48.5 Å². The molecule has 0 saturated heterocycles. The molecule has 0 radical (unpaired) electrons. The SMILES string of the molecule is CCNC(=NCc1coc(-c2ccccc2)n1)NCC(O)COCC1CC1. The van der Waals surface area contributed by atoms with Crippen molar-refractivity contribution in [1.29, 1.82) is 0 Å². The van der Waals surface area contributed by atoms with Crippen LogP contribution >= 0.6 is 0 Å². The molecule has 1 aliphatic carbocycles. The maximum absolute atomic E-state index is 10.0. The van der Waals surface area contributed by atoms with Gasteiger partial charge in [0.05, 0.1) is 19.3 Å². The highest BCUT2D eigenvalue weighted by Gasteiger charge is 2.21. The lowest BCUT2D eigenvalue weighted by Gasteiger charge is -2.15. The first-order chi connectivity index (χ1) is 13.2. The van der Waals surface area contributed by atoms with E-state index in [9.17, 15) is 5.11 Å². The first kappa shape index (κ1) is 19.4. The average Bonchev–Trinajstić information content (AvgIpc) is 3.39. The number of benzene rings is 1. The fourth-order valence-corrected chi connectivity index (χ4v) is 2.52. The van der Waals surface area contributed by atoms with Crippen LogP contribution in [0.25, 0.3) is 11.5 Å². The van der Waals surface area contributed by atoms with Gasteiger partial charge in [-0.2, -0.15) is 0 Å². The van der Waals surface area contributed by atoms with E-state index in [1.165, 1.54) is 12.8 Å². The summed E-state index contributed by atoms with van der Waals surface area (Å²) < 4.78 is 11.0. The number of ether oxygens (including phenoxy) is 1. The Hall–Kier alpha value is -2.38. The highest BCUT2D eigenvalue weighted by molar-refractivity contribution is 5.79. The van der Waals surface area contributed by atoms with Gasteiger partial charge in [0.15, 0.2) is 5.96 Å². The van der Waals surface area contributed by atoms with E-state index in [1.54, 1.807) is 6.26 Å². The number of rotatable bonds is 10. The van der Waals surface area contributed by atoms with Gasteiger partial charge in [0, 0.05) is 25.3 Å². The fraction of sp³-hybridized carbons (Fsp3) is 0.500. The van der Waals surface area contributed by atoms with Crippen molar-refractivity contribution in [3.63, 3.8) is 0 Å². The Morgan fingerprint density at radius 3 is 2.89 bits per heavy atom. The van der Waals surface area contributed by atoms with Gasteiger partial charge in [-0.1, -0.05) is 18.2 Å². The Bertz CT molecular complexity index is 713. The van der Waals surface area contributed by atoms with Crippen molar-refractivity contribution < 1.29 is 14.3 Å². The third kappa shape index (κ3) is 6.69. The number of aliphatic hydroxyl groups excluding tert-OH is 1. The van der Waals surface area contributed by atoms with Crippen LogP contribution in [0.3, 0.4) is 0 Å². The quantitative estimate of drug-likeness (QED) is 0.437. The number of aliphatic hydroxyl groups is 1. The Morgan fingerprint density at radius 2 is 2.15 bits per heavy atom. The van der Waals surface area contributed by atoms with E-state index in [2.05, 4.69) is 20.6 Å². The molecule has 1 fully saturated rings. The largest absolute Gasteiger partial charge is 0.444 e. The van der Waals surface area contributed by atoms with Gasteiger partial charge >= 0.3 is 0 Å². The van der Waals surface area contributed by atoms with E-state index in [1.807, 2.05) is 37.3 Å². The number of nitrogens with zero attached hydrogens (tertiary/aromatic N) is 2. The molecule has 3 rings (SSSR count). The third-order valence-electron chi connectivity index (χ3n) is 4.18. The molecule has 0 spiro atoms. The lowest BCUT2D eigenvalue weighted by atomic mass is 10.2. The lowest BCUT2D eigenvalue weighted by molar-refractivity contribution is 0.0345. The molecule has 146 valence electrons. The molecule has 1 aliphatic rings. The minimum Gasteiger partial charge on any atom is -0.444 e. The van der Waals surface area contributed by atoms with Crippen LogP contribution in [0.1, 0.15) is 25.5 Å². The van der Waals surface area contributed by atoms with Gasteiger partial charge in [0.25, 0.3) is 0 Å². The molecule has 1 aromatic carbocycles. The van der Waals surface area contributed by atoms with Crippen LogP contribution in [-0.2, 0) is 11.3 Å². The van der Waals surface area contributed by atoms with Crippen molar-refractivity contribution in [2.45, 2.75) is 32.4 Å². The number of guanidine groups is 1. The minimum absolute atomic E-state index is 0.340. The van der Waals surface area contributed by atoms with Crippen LogP contribution in [0.4, 0.5) is 0 Å². The summed E-state index contributed by atoms with van der Waals surface area (Å²) >= 11 is 0. The molecule has 1 aromatic heterocycles. The molecule has 1 unspecified atom stereocenters. The molecule has 7 nitrogen and oxygen atoms in total. The van der Waals surface area contributed by atoms with E-state index in [0.717, 1.165) is 24.4 Å². The van der Waals surface area contributed by atoms with Gasteiger partial charge < -0.3 is 24.9 Å². The van der Waals surface area contributed by atoms with Crippen molar-refractivity contribution in [3.8, 4) is 11.5 Å². The highest BCUT2D eigenvalue weighted by Crippen LogP contribution is 2.28. The van der Waals surface area contributed by atoms with Crippen molar-refractivity contribution >= 4 is 5.96 Å². The van der Waals surface area contributed by atoms with Crippen molar-refractivity contribution in [2.75, 3.05) is 26.3 Å². The Morgan fingerprint density at radius 1 is 1.33 bits per heavy atom. The number of oxazole rings is 1. The summed E-state index contributed by atoms with van der Waals surface area (Å²) in [7, 11) is 0. The van der Waals surface area contributed by atoms with E-state index >= 15 is 0 Å². The Labute approximate surface area is 159 Å². The maximum atomic E-state index is 10.0. The molecular weight excluding hydrogens is 344 g/mol. The second-order valence-electron chi connectivity index (χ2n) is 6.72. The lowest BCUT2D eigenvalue weighted by Crippen LogP contribution is -2.42. The molecule has 0 aliphatic heterocycles. The predicted molar refractivity (Wildman–Crippen MR) is 104 cm³/mol. The first-order valence-electron chi connectivity index (χ1n) is 9.52. The third-order valence-corrected chi connectivity index (χ3v) is 4.18. The van der Waals surface area contributed by atoms with Crippen molar-refractivity contribution in [2.24, 2.45) is 10.9 Å². The molecule has 2 aromatic rings. The highest BCUT2D eigenvalue weighted by atomic mass is 16.5. The average molecular weight is 372 g/mol. The Balaban J connectivity index is 1.47. The number of hydrogen-bond donors (Lipinski definition) is 3. The molecule has 7 heteroatoms. The molecule has 3 N–H and O–H groups in total. The van der Waals surface area contributed by atoms with Gasteiger partial charge in [-0.05, 0) is 37.8 Å². The summed E-state index contributed by atoms with van der Waals surface area (Å²) in [6.07, 6.45) is 3.55. The van der Waals surface area contributed by atoms with Crippen molar-refractivity contribution in [1.82, 2.24) is 15.6 Å². The van der Waals surface area contributed by atoms with Gasteiger partial charge in [-0.3, -0.25) is 0 Å². The second-order valence-corrected chi connectivity index (χ2v) is 6.72. The standard InChI is InChI=1S/C20H28N4O3/c1-2-21-20(23-11-18(25)14-26-12-15-8-9-15)22-10-17-13-27-19(24-17)16-6-4-3-5-7-16/h3-7,13,15,18,25H,2,8-12,14H2,1H3,(H2,21,22,23). The fourth-order valence-electron chi connectivity index (χ4n) is 2.52. The number of aromatic nitrogens is 1. The van der Waals surface area contributed by atoms with Gasteiger partial charge in [-0.15, -0.1) is 0 Å². The molecule has 0 bridgehead atoms. The summed E-state index contributed by atoms with van der Waals surface area (Å²) in [5.74, 6) is 1.91. The molecule has 1 saturated carbocycles. The normalized spacial score (nSPS) is 15.6. The maximum Gasteiger partial charge on any atom is 0.226 e. The summed E-state index contributed by atoms with van der Waals surface area (Å²) in [5, 5.41) is 16.3. The van der Waals surface area contributed by atoms with Gasteiger partial charge in [-0.25, -0.2) is 9.98 Å². The number of hydrogen-bond acceptors (Lipinski definition) is 5. The van der Waals surface area contributed by atoms with Crippen LogP contribution in [0.5, 0.6) is 0 Å². The van der Waals surface area contributed by atoms with E-state index in [0.29, 0.717) is 37.5 Å². The topological polar surface area (TPSA) is 91.9 Å². The van der Waals surface area contributed by atoms with Crippen LogP contribution in [0.15, 0.2) is 46.0 Å². The number of nitrogens with one attached hydrogen (secondary N) is 2. The van der Waals surface area contributed by atoms with Crippen LogP contribution < -0.4 is 10.6 Å². The summed E-state index contributed by atoms with van der Waals surface area (Å²) in [6.45, 7) is 4.59. The zero-order valence-electron chi connectivity index (χ0n) is 15.7. The smallest absolute Gasteiger partial charge is 0.226 e. The zero-order valence-corrected chi connectivity index (χ0v) is 15.7.